The highest BCUT2D eigenvalue weighted by Crippen LogP contribution is 2.40. The minimum absolute atomic E-state index is 0.00291. The molecule has 3 aromatic carbocycles. The van der Waals surface area contributed by atoms with Gasteiger partial charge in [0.2, 0.25) is 10.0 Å². The number of sulfonamides is 1. The van der Waals surface area contributed by atoms with Crippen LogP contribution < -0.4 is 9.47 Å². The highest BCUT2D eigenvalue weighted by atomic mass is 32.2. The molecular weight excluding hydrogens is 506 g/mol. The van der Waals surface area contributed by atoms with Gasteiger partial charge in [0.1, 0.15) is 6.61 Å². The van der Waals surface area contributed by atoms with Gasteiger partial charge in [-0.1, -0.05) is 36.4 Å². The lowest BCUT2D eigenvalue weighted by Crippen LogP contribution is -2.33. The van der Waals surface area contributed by atoms with Crippen LogP contribution in [0.1, 0.15) is 27.9 Å². The zero-order valence-electron chi connectivity index (χ0n) is 21.5. The Hall–Kier alpha value is -3.40. The van der Waals surface area contributed by atoms with Gasteiger partial charge in [0, 0.05) is 31.2 Å². The van der Waals surface area contributed by atoms with Crippen LogP contribution in [-0.4, -0.2) is 58.8 Å². The highest BCUT2D eigenvalue weighted by molar-refractivity contribution is 7.89. The average molecular weight is 538 g/mol. The summed E-state index contributed by atoms with van der Waals surface area (Å²) in [6, 6.07) is 18.0. The first-order valence-corrected chi connectivity index (χ1v) is 14.1. The maximum Gasteiger partial charge on any atom is 0.339 e. The molecule has 38 heavy (non-hydrogen) atoms. The number of carbonyl (C=O) groups is 1. The molecule has 1 atom stereocenters. The summed E-state index contributed by atoms with van der Waals surface area (Å²) >= 11 is 0. The molecule has 8 nitrogen and oxygen atoms in total. The number of esters is 1. The van der Waals surface area contributed by atoms with Crippen LogP contribution in [0.25, 0.3) is 11.1 Å². The van der Waals surface area contributed by atoms with Crippen molar-refractivity contribution in [1.29, 1.82) is 0 Å². The lowest BCUT2D eigenvalue weighted by Gasteiger charge is -2.21. The number of fused-ring (bicyclic) bond motifs is 1. The third-order valence-corrected chi connectivity index (χ3v) is 8.83. The number of nitrogens with zero attached hydrogens (tertiary/aromatic N) is 1. The van der Waals surface area contributed by atoms with Gasteiger partial charge < -0.3 is 18.9 Å². The Bertz CT molecular complexity index is 1430. The van der Waals surface area contributed by atoms with Gasteiger partial charge in [-0.15, -0.1) is 0 Å². The van der Waals surface area contributed by atoms with Crippen molar-refractivity contribution >= 4 is 16.0 Å². The molecule has 0 radical (unpaired) electrons. The van der Waals surface area contributed by atoms with Gasteiger partial charge >= 0.3 is 5.97 Å². The molecule has 1 unspecified atom stereocenters. The monoisotopic (exact) mass is 537 g/mol. The highest BCUT2D eigenvalue weighted by Gasteiger charge is 2.32. The number of hydrogen-bond donors (Lipinski definition) is 0. The van der Waals surface area contributed by atoms with Gasteiger partial charge in [0.15, 0.2) is 11.5 Å². The number of aryl methyl sites for hydroxylation is 1. The van der Waals surface area contributed by atoms with E-state index in [0.29, 0.717) is 36.2 Å². The second-order valence-corrected chi connectivity index (χ2v) is 11.4. The van der Waals surface area contributed by atoms with Crippen LogP contribution in [0.3, 0.4) is 0 Å². The molecule has 0 saturated carbocycles. The third-order valence-electron chi connectivity index (χ3n) is 6.93. The van der Waals surface area contributed by atoms with Crippen molar-refractivity contribution in [2.75, 3.05) is 40.1 Å². The van der Waals surface area contributed by atoms with Gasteiger partial charge in [-0.2, -0.15) is 4.31 Å². The number of methoxy groups -OCH3 is 1. The molecule has 0 spiro atoms. The van der Waals surface area contributed by atoms with Crippen molar-refractivity contribution in [3.63, 3.8) is 0 Å². The van der Waals surface area contributed by atoms with Crippen molar-refractivity contribution in [3.8, 4) is 22.6 Å². The molecular formula is C29H31NO7S. The van der Waals surface area contributed by atoms with Crippen LogP contribution in [0.5, 0.6) is 11.5 Å². The third kappa shape index (κ3) is 5.27. The van der Waals surface area contributed by atoms with Crippen LogP contribution in [0, 0.1) is 12.8 Å². The fraction of sp³-hybridized carbons (Fsp3) is 0.345. The van der Waals surface area contributed by atoms with Gasteiger partial charge in [-0.3, -0.25) is 0 Å². The van der Waals surface area contributed by atoms with E-state index < -0.39 is 16.0 Å². The molecule has 0 aliphatic carbocycles. The quantitative estimate of drug-likeness (QED) is 0.411. The molecule has 0 aromatic heterocycles. The molecule has 9 heteroatoms. The van der Waals surface area contributed by atoms with E-state index in [-0.39, 0.29) is 30.2 Å². The van der Waals surface area contributed by atoms with Gasteiger partial charge in [0.05, 0.1) is 30.8 Å². The van der Waals surface area contributed by atoms with Crippen molar-refractivity contribution in [3.05, 3.63) is 77.4 Å². The van der Waals surface area contributed by atoms with E-state index >= 15 is 0 Å². The van der Waals surface area contributed by atoms with E-state index in [1.807, 2.05) is 43.3 Å². The molecule has 2 heterocycles. The molecule has 1 saturated heterocycles. The normalized spacial score (nSPS) is 17.8. The Kier molecular flexibility index (Phi) is 7.69. The summed E-state index contributed by atoms with van der Waals surface area (Å²) in [5, 5.41) is 0. The van der Waals surface area contributed by atoms with E-state index in [9.17, 15) is 13.2 Å². The predicted molar refractivity (Wildman–Crippen MR) is 142 cm³/mol. The van der Waals surface area contributed by atoms with Gasteiger partial charge in [-0.25, -0.2) is 13.2 Å². The van der Waals surface area contributed by atoms with E-state index in [1.165, 1.54) is 23.5 Å². The topological polar surface area (TPSA) is 91.4 Å². The zero-order valence-corrected chi connectivity index (χ0v) is 22.3. The molecule has 2 aliphatic heterocycles. The number of benzene rings is 3. The molecule has 0 N–H and O–H groups in total. The summed E-state index contributed by atoms with van der Waals surface area (Å²) in [4.78, 5) is 12.2. The lowest BCUT2D eigenvalue weighted by molar-refractivity contribution is 0.0596. The second-order valence-electron chi connectivity index (χ2n) is 9.49. The number of ether oxygens (including phenoxy) is 4. The Morgan fingerprint density at radius 1 is 1.08 bits per heavy atom. The number of hydrogen-bond acceptors (Lipinski definition) is 7. The smallest absolute Gasteiger partial charge is 0.339 e. The molecule has 1 fully saturated rings. The van der Waals surface area contributed by atoms with E-state index in [2.05, 4.69) is 0 Å². The maximum atomic E-state index is 13.8. The summed E-state index contributed by atoms with van der Waals surface area (Å²) in [7, 11) is -2.81. The first-order valence-electron chi connectivity index (χ1n) is 12.6. The predicted octanol–water partition coefficient (Wildman–Crippen LogP) is 4.45. The fourth-order valence-corrected chi connectivity index (χ4v) is 6.44. The number of carbonyl (C=O) groups excluding carboxylic acids is 1. The Balaban J connectivity index is 1.55. The van der Waals surface area contributed by atoms with Crippen molar-refractivity contribution in [1.82, 2.24) is 4.31 Å². The maximum absolute atomic E-state index is 13.8. The summed E-state index contributed by atoms with van der Waals surface area (Å²) in [6.07, 6.45) is 0.937. The Morgan fingerprint density at radius 3 is 2.63 bits per heavy atom. The summed E-state index contributed by atoms with van der Waals surface area (Å²) < 4.78 is 51.7. The van der Waals surface area contributed by atoms with Crippen molar-refractivity contribution < 1.29 is 32.2 Å². The summed E-state index contributed by atoms with van der Waals surface area (Å²) in [5.41, 5.74) is 3.72. The molecule has 0 bridgehead atoms. The van der Waals surface area contributed by atoms with E-state index in [4.69, 9.17) is 18.9 Å². The van der Waals surface area contributed by atoms with Crippen molar-refractivity contribution in [2.45, 2.75) is 24.8 Å². The van der Waals surface area contributed by atoms with Crippen LogP contribution in [-0.2, 0) is 26.0 Å². The van der Waals surface area contributed by atoms with Crippen LogP contribution in [0.2, 0.25) is 0 Å². The summed E-state index contributed by atoms with van der Waals surface area (Å²) in [5.74, 6) is 0.719. The molecule has 3 aromatic rings. The number of rotatable bonds is 7. The largest absolute Gasteiger partial charge is 0.489 e. The summed E-state index contributed by atoms with van der Waals surface area (Å²) in [6.45, 7) is 4.23. The fourth-order valence-electron chi connectivity index (χ4n) is 4.86. The van der Waals surface area contributed by atoms with Crippen LogP contribution in [0.4, 0.5) is 0 Å². The molecule has 5 rings (SSSR count). The minimum atomic E-state index is -4.04. The average Bonchev–Trinajstić information content (AvgIpc) is 3.35. The van der Waals surface area contributed by atoms with E-state index in [0.717, 1.165) is 29.7 Å². The Labute approximate surface area is 223 Å². The molecule has 2 aliphatic rings. The zero-order chi connectivity index (χ0) is 26.7. The van der Waals surface area contributed by atoms with Crippen LogP contribution >= 0.6 is 0 Å². The van der Waals surface area contributed by atoms with Gasteiger partial charge in [0.25, 0.3) is 0 Å². The SMILES string of the molecule is COC(=O)c1ccccc1S(=O)(=O)N1CCOc2c(cc(-c3ccccc3C)cc2OCC2CCOC2)C1. The second kappa shape index (κ2) is 11.1. The van der Waals surface area contributed by atoms with Crippen LogP contribution in [0.15, 0.2) is 65.6 Å². The lowest BCUT2D eigenvalue weighted by atomic mass is 9.98. The first-order chi connectivity index (χ1) is 18.4. The Morgan fingerprint density at radius 2 is 1.87 bits per heavy atom. The first kappa shape index (κ1) is 26.2. The van der Waals surface area contributed by atoms with Crippen molar-refractivity contribution in [2.24, 2.45) is 5.92 Å². The molecule has 0 amide bonds. The van der Waals surface area contributed by atoms with Gasteiger partial charge in [-0.05, 0) is 54.3 Å². The standard InChI is InChI=1S/C29H31NO7S/c1-20-7-3-4-8-24(20)22-15-23-17-30(38(32,33)27-10-6-5-9-25(27)29(31)34-2)12-14-36-28(23)26(16-22)37-19-21-11-13-35-18-21/h3-10,15-16,21H,11-14,17-19H2,1-2H3. The minimum Gasteiger partial charge on any atom is -0.489 e. The van der Waals surface area contributed by atoms with E-state index in [1.54, 1.807) is 12.1 Å². The molecule has 200 valence electrons.